The van der Waals surface area contributed by atoms with E-state index in [-0.39, 0.29) is 18.3 Å². The molecular weight excluding hydrogens is 243 g/mol. The average Bonchev–Trinajstić information content (AvgIpc) is 2.26. The number of benzene rings is 1. The summed E-state index contributed by atoms with van der Waals surface area (Å²) in [6.45, 7) is 2.39. The molecule has 0 radical (unpaired) electrons. The van der Waals surface area contributed by atoms with E-state index in [2.05, 4.69) is 10.6 Å². The van der Waals surface area contributed by atoms with Gasteiger partial charge in [0.15, 0.2) is 0 Å². The maximum Gasteiger partial charge on any atom is 0.233 e. The van der Waals surface area contributed by atoms with Crippen molar-refractivity contribution in [3.8, 4) is 0 Å². The van der Waals surface area contributed by atoms with Gasteiger partial charge in [0.25, 0.3) is 0 Å². The van der Waals surface area contributed by atoms with Crippen molar-refractivity contribution in [1.82, 2.24) is 10.6 Å². The Labute approximate surface area is 105 Å². The molecule has 17 heavy (non-hydrogen) atoms. The Morgan fingerprint density at radius 2 is 2.18 bits per heavy atom. The van der Waals surface area contributed by atoms with E-state index in [0.29, 0.717) is 29.1 Å². The van der Waals surface area contributed by atoms with E-state index in [4.69, 9.17) is 11.6 Å². The molecule has 94 valence electrons. The summed E-state index contributed by atoms with van der Waals surface area (Å²) in [6, 6.07) is 3.02. The number of halogens is 2. The molecule has 0 fully saturated rings. The van der Waals surface area contributed by atoms with Crippen molar-refractivity contribution in [2.24, 2.45) is 0 Å². The summed E-state index contributed by atoms with van der Waals surface area (Å²) in [5.74, 6) is -0.359. The van der Waals surface area contributed by atoms with Crippen LogP contribution in [0, 0.1) is 12.7 Å². The number of rotatable bonds is 5. The van der Waals surface area contributed by atoms with E-state index < -0.39 is 0 Å². The normalized spacial score (nSPS) is 10.4. The molecule has 2 N–H and O–H groups in total. The molecule has 0 aliphatic heterocycles. The van der Waals surface area contributed by atoms with Gasteiger partial charge in [0.2, 0.25) is 5.91 Å². The largest absolute Gasteiger partial charge is 0.355 e. The Bertz CT molecular complexity index is 410. The van der Waals surface area contributed by atoms with Gasteiger partial charge in [-0.1, -0.05) is 11.6 Å². The Morgan fingerprint density at radius 1 is 1.47 bits per heavy atom. The predicted molar refractivity (Wildman–Crippen MR) is 66.8 cm³/mol. The Morgan fingerprint density at radius 3 is 2.82 bits per heavy atom. The number of nitrogens with one attached hydrogen (secondary N) is 2. The highest BCUT2D eigenvalue weighted by molar-refractivity contribution is 6.31. The van der Waals surface area contributed by atoms with Crippen molar-refractivity contribution < 1.29 is 9.18 Å². The van der Waals surface area contributed by atoms with Gasteiger partial charge >= 0.3 is 0 Å². The second kappa shape index (κ2) is 6.57. The zero-order chi connectivity index (χ0) is 12.8. The minimum atomic E-state index is -0.272. The van der Waals surface area contributed by atoms with Gasteiger partial charge in [0.05, 0.1) is 6.54 Å². The van der Waals surface area contributed by atoms with E-state index in [1.807, 2.05) is 0 Å². The van der Waals surface area contributed by atoms with E-state index >= 15 is 0 Å². The molecule has 0 aromatic heterocycles. The second-order valence-corrected chi connectivity index (χ2v) is 4.23. The van der Waals surface area contributed by atoms with Gasteiger partial charge in [-0.15, -0.1) is 0 Å². The standard InChI is InChI=1S/C12H16ClFN2O/c1-8-5-10(13)9(6-11(8)14)3-4-16-12(17)7-15-2/h5-6,15H,3-4,7H2,1-2H3,(H,16,17). The highest BCUT2D eigenvalue weighted by Gasteiger charge is 2.06. The molecule has 0 saturated carbocycles. The molecule has 0 aliphatic carbocycles. The first-order chi connectivity index (χ1) is 8.04. The minimum Gasteiger partial charge on any atom is -0.355 e. The average molecular weight is 259 g/mol. The van der Waals surface area contributed by atoms with Crippen LogP contribution in [0.15, 0.2) is 12.1 Å². The number of hydrogen-bond acceptors (Lipinski definition) is 2. The van der Waals surface area contributed by atoms with E-state index in [1.165, 1.54) is 6.07 Å². The lowest BCUT2D eigenvalue weighted by molar-refractivity contribution is -0.120. The number of hydrogen-bond donors (Lipinski definition) is 2. The summed E-state index contributed by atoms with van der Waals surface area (Å²) in [5, 5.41) is 5.99. The predicted octanol–water partition coefficient (Wildman–Crippen LogP) is 1.67. The molecule has 1 aromatic rings. The fourth-order valence-electron chi connectivity index (χ4n) is 1.44. The summed E-state index contributed by atoms with van der Waals surface area (Å²) in [7, 11) is 1.70. The molecule has 0 bridgehead atoms. The van der Waals surface area contributed by atoms with Crippen LogP contribution in [-0.2, 0) is 11.2 Å². The summed E-state index contributed by atoms with van der Waals surface area (Å²) in [4.78, 5) is 11.2. The van der Waals surface area contributed by atoms with Crippen LogP contribution in [0.5, 0.6) is 0 Å². The highest BCUT2D eigenvalue weighted by atomic mass is 35.5. The molecule has 3 nitrogen and oxygen atoms in total. The van der Waals surface area contributed by atoms with Crippen LogP contribution in [0.4, 0.5) is 4.39 Å². The lowest BCUT2D eigenvalue weighted by Crippen LogP contribution is -2.33. The van der Waals surface area contributed by atoms with Gasteiger partial charge in [0.1, 0.15) is 5.82 Å². The lowest BCUT2D eigenvalue weighted by Gasteiger charge is -2.08. The van der Waals surface area contributed by atoms with Crippen molar-refractivity contribution in [1.29, 1.82) is 0 Å². The van der Waals surface area contributed by atoms with Gasteiger partial charge in [-0.3, -0.25) is 4.79 Å². The molecule has 0 unspecified atom stereocenters. The van der Waals surface area contributed by atoms with Crippen LogP contribution in [0.25, 0.3) is 0 Å². The van der Waals surface area contributed by atoms with Crippen LogP contribution in [-0.4, -0.2) is 26.0 Å². The first kappa shape index (κ1) is 13.9. The maximum atomic E-state index is 13.3. The molecule has 0 spiro atoms. The Hall–Kier alpha value is -1.13. The second-order valence-electron chi connectivity index (χ2n) is 3.82. The third-order valence-corrected chi connectivity index (χ3v) is 2.73. The van der Waals surface area contributed by atoms with E-state index in [1.54, 1.807) is 20.0 Å². The number of aryl methyl sites for hydroxylation is 1. The first-order valence-electron chi connectivity index (χ1n) is 5.40. The van der Waals surface area contributed by atoms with Gasteiger partial charge in [-0.05, 0) is 43.7 Å². The molecule has 1 amide bonds. The van der Waals surface area contributed by atoms with Gasteiger partial charge in [-0.2, -0.15) is 0 Å². The summed E-state index contributed by atoms with van der Waals surface area (Å²) < 4.78 is 13.3. The number of amides is 1. The van der Waals surface area contributed by atoms with Crippen LogP contribution in [0.1, 0.15) is 11.1 Å². The SMILES string of the molecule is CNCC(=O)NCCc1cc(F)c(C)cc1Cl. The Kier molecular flexibility index (Phi) is 5.38. The summed E-state index contributed by atoms with van der Waals surface area (Å²) in [6.07, 6.45) is 0.519. The molecule has 1 rings (SSSR count). The zero-order valence-electron chi connectivity index (χ0n) is 9.94. The van der Waals surface area contributed by atoms with Gasteiger partial charge < -0.3 is 10.6 Å². The van der Waals surface area contributed by atoms with E-state index in [9.17, 15) is 9.18 Å². The third kappa shape index (κ3) is 4.32. The minimum absolute atomic E-state index is 0.0868. The van der Waals surface area contributed by atoms with Crippen LogP contribution in [0.2, 0.25) is 5.02 Å². The highest BCUT2D eigenvalue weighted by Crippen LogP contribution is 2.20. The molecule has 0 aliphatic rings. The molecule has 0 heterocycles. The number of carbonyl (C=O) groups is 1. The zero-order valence-corrected chi connectivity index (χ0v) is 10.7. The molecular formula is C12H16ClFN2O. The molecule has 0 saturated heterocycles. The Balaban J connectivity index is 2.52. The van der Waals surface area contributed by atoms with Crippen LogP contribution >= 0.6 is 11.6 Å². The van der Waals surface area contributed by atoms with Crippen molar-refractivity contribution in [2.75, 3.05) is 20.1 Å². The quantitative estimate of drug-likeness (QED) is 0.844. The monoisotopic (exact) mass is 258 g/mol. The third-order valence-electron chi connectivity index (χ3n) is 2.38. The fourth-order valence-corrected chi connectivity index (χ4v) is 1.75. The van der Waals surface area contributed by atoms with Crippen LogP contribution in [0.3, 0.4) is 0 Å². The number of likely N-dealkylation sites (N-methyl/N-ethyl adjacent to an activating group) is 1. The van der Waals surface area contributed by atoms with Crippen molar-refractivity contribution in [3.05, 3.63) is 34.1 Å². The molecule has 5 heteroatoms. The number of carbonyl (C=O) groups excluding carboxylic acids is 1. The van der Waals surface area contributed by atoms with Gasteiger partial charge in [-0.25, -0.2) is 4.39 Å². The van der Waals surface area contributed by atoms with E-state index in [0.717, 1.165) is 0 Å². The fraction of sp³-hybridized carbons (Fsp3) is 0.417. The lowest BCUT2D eigenvalue weighted by atomic mass is 10.1. The summed E-state index contributed by atoms with van der Waals surface area (Å²) in [5.41, 5.74) is 1.23. The summed E-state index contributed by atoms with van der Waals surface area (Å²) >= 11 is 5.99. The topological polar surface area (TPSA) is 41.1 Å². The maximum absolute atomic E-state index is 13.3. The van der Waals surface area contributed by atoms with Crippen molar-refractivity contribution >= 4 is 17.5 Å². The molecule has 1 aromatic carbocycles. The van der Waals surface area contributed by atoms with Crippen molar-refractivity contribution in [2.45, 2.75) is 13.3 Å². The first-order valence-corrected chi connectivity index (χ1v) is 5.78. The van der Waals surface area contributed by atoms with Crippen LogP contribution < -0.4 is 10.6 Å². The van der Waals surface area contributed by atoms with Gasteiger partial charge in [0, 0.05) is 11.6 Å². The van der Waals surface area contributed by atoms with Crippen molar-refractivity contribution in [3.63, 3.8) is 0 Å². The smallest absolute Gasteiger partial charge is 0.233 e. The molecule has 0 atom stereocenters.